The second-order valence-electron chi connectivity index (χ2n) is 7.55. The zero-order valence-electron chi connectivity index (χ0n) is 17.3. The Morgan fingerprint density at radius 3 is 2.32 bits per heavy atom. The van der Waals surface area contributed by atoms with E-state index in [-0.39, 0.29) is 16.5 Å². The van der Waals surface area contributed by atoms with Crippen molar-refractivity contribution in [2.75, 3.05) is 0 Å². The summed E-state index contributed by atoms with van der Waals surface area (Å²) in [6.45, 7) is 0.304. The molecule has 34 heavy (non-hydrogen) atoms. The highest BCUT2D eigenvalue weighted by molar-refractivity contribution is 9.10. The molecule has 11 heteroatoms. The summed E-state index contributed by atoms with van der Waals surface area (Å²) in [5.41, 5.74) is 0.636. The van der Waals surface area contributed by atoms with Gasteiger partial charge < -0.3 is 0 Å². The molecule has 0 fully saturated rings. The van der Waals surface area contributed by atoms with Gasteiger partial charge in [-0.25, -0.2) is 4.68 Å². The molecule has 168 valence electrons. The summed E-state index contributed by atoms with van der Waals surface area (Å²) in [5.74, 6) is -0.464. The van der Waals surface area contributed by atoms with Gasteiger partial charge in [0.15, 0.2) is 0 Å². The Labute approximate surface area is 199 Å². The van der Waals surface area contributed by atoms with Crippen LogP contribution in [0.1, 0.15) is 21.6 Å². The second kappa shape index (κ2) is 8.19. The number of aromatic nitrogens is 3. The highest BCUT2D eigenvalue weighted by Gasteiger charge is 2.31. The lowest BCUT2D eigenvalue weighted by Gasteiger charge is -2.03. The number of benzene rings is 3. The van der Waals surface area contributed by atoms with Crippen molar-refractivity contribution in [3.8, 4) is 0 Å². The fourth-order valence-electron chi connectivity index (χ4n) is 4.02. The van der Waals surface area contributed by atoms with Crippen LogP contribution in [0.4, 0.5) is 11.4 Å². The number of non-ortho nitro benzene ring substituents is 2. The van der Waals surface area contributed by atoms with E-state index in [4.69, 9.17) is 0 Å². The summed E-state index contributed by atoms with van der Waals surface area (Å²) in [6.07, 6.45) is 1.40. The van der Waals surface area contributed by atoms with Gasteiger partial charge in [0.05, 0.1) is 27.8 Å². The maximum atomic E-state index is 13.6. The van der Waals surface area contributed by atoms with Gasteiger partial charge in [-0.3, -0.25) is 29.4 Å². The molecule has 0 aliphatic rings. The third-order valence-corrected chi connectivity index (χ3v) is 6.03. The molecule has 2 heterocycles. The number of nitro benzene ring substituents is 2. The number of rotatable bonds is 6. The molecule has 0 radical (unpaired) electrons. The zero-order chi connectivity index (χ0) is 24.0. The Kier molecular flexibility index (Phi) is 5.17. The summed E-state index contributed by atoms with van der Waals surface area (Å²) in [7, 11) is 0. The lowest BCUT2D eigenvalue weighted by Crippen LogP contribution is -2.06. The maximum Gasteiger partial charge on any atom is 0.286 e. The molecule has 0 atom stereocenters. The first-order valence-electron chi connectivity index (χ1n) is 10.0. The monoisotopic (exact) mass is 519 g/mol. The van der Waals surface area contributed by atoms with Crippen molar-refractivity contribution < 1.29 is 14.6 Å². The summed E-state index contributed by atoms with van der Waals surface area (Å²) in [6, 6.07) is 18.1. The van der Waals surface area contributed by atoms with Crippen LogP contribution in [0, 0.1) is 20.2 Å². The molecule has 0 N–H and O–H groups in total. The molecular weight excluding hydrogens is 506 g/mol. The number of carbonyl (C=O) groups excluding carboxylic acids is 1. The van der Waals surface area contributed by atoms with Gasteiger partial charge in [-0.15, -0.1) is 0 Å². The molecule has 0 saturated carbocycles. The number of ketones is 1. The topological polar surface area (TPSA) is 126 Å². The van der Waals surface area contributed by atoms with Crippen molar-refractivity contribution in [2.24, 2.45) is 0 Å². The highest BCUT2D eigenvalue weighted by Crippen LogP contribution is 2.38. The summed E-state index contributed by atoms with van der Waals surface area (Å²) in [5, 5.41) is 28.1. The maximum absolute atomic E-state index is 13.6. The fraction of sp³-hybridized carbons (Fsp3) is 0.0435. The van der Waals surface area contributed by atoms with Gasteiger partial charge in [0, 0.05) is 21.5 Å². The van der Waals surface area contributed by atoms with E-state index in [9.17, 15) is 25.0 Å². The van der Waals surface area contributed by atoms with Crippen molar-refractivity contribution in [3.05, 3.63) is 115 Å². The average molecular weight is 520 g/mol. The molecular formula is C23H14BrN5O5. The number of halogens is 1. The minimum atomic E-state index is -0.706. The predicted octanol–water partition coefficient (Wildman–Crippen LogP) is 5.15. The number of hydrogen-bond acceptors (Lipinski definition) is 6. The molecule has 5 rings (SSSR count). The van der Waals surface area contributed by atoms with Gasteiger partial charge >= 0.3 is 0 Å². The Balaban J connectivity index is 1.85. The third-order valence-electron chi connectivity index (χ3n) is 5.50. The van der Waals surface area contributed by atoms with Crippen LogP contribution in [0.3, 0.4) is 0 Å². The van der Waals surface area contributed by atoms with Crippen molar-refractivity contribution in [3.63, 3.8) is 0 Å². The molecule has 0 unspecified atom stereocenters. The van der Waals surface area contributed by atoms with Crippen molar-refractivity contribution >= 4 is 49.5 Å². The molecule has 0 amide bonds. The van der Waals surface area contributed by atoms with Crippen molar-refractivity contribution in [1.82, 2.24) is 14.2 Å². The standard InChI is InChI=1S/C23H14BrN5O5/c24-16-8-6-15(7-9-16)22(30)21-20-18(10-17(28(31)32)11-19(20)29(33)34)23-26(21)13-25-27(23)12-14-4-2-1-3-5-14/h1-11,13H,12H2. The number of nitro groups is 2. The van der Waals surface area contributed by atoms with Gasteiger partial charge in [0.25, 0.3) is 11.4 Å². The van der Waals surface area contributed by atoms with Crippen molar-refractivity contribution in [2.45, 2.75) is 6.54 Å². The molecule has 0 aliphatic heterocycles. The number of hydrogen-bond donors (Lipinski definition) is 0. The quantitative estimate of drug-likeness (QED) is 0.173. The van der Waals surface area contributed by atoms with E-state index in [1.54, 1.807) is 28.9 Å². The fourth-order valence-corrected chi connectivity index (χ4v) is 4.28. The largest absolute Gasteiger partial charge is 0.287 e. The Bertz CT molecular complexity index is 1610. The van der Waals surface area contributed by atoms with Gasteiger partial charge in [-0.2, -0.15) is 5.10 Å². The minimum absolute atomic E-state index is 0.0215. The van der Waals surface area contributed by atoms with Gasteiger partial charge in [0.1, 0.15) is 17.7 Å². The normalized spacial score (nSPS) is 11.2. The van der Waals surface area contributed by atoms with E-state index in [2.05, 4.69) is 21.0 Å². The van der Waals surface area contributed by atoms with E-state index in [1.165, 1.54) is 16.8 Å². The molecule has 0 spiro atoms. The third kappa shape index (κ3) is 3.52. The first kappa shape index (κ1) is 21.5. The second-order valence-corrected chi connectivity index (χ2v) is 8.47. The summed E-state index contributed by atoms with van der Waals surface area (Å²) in [4.78, 5) is 35.7. The first-order valence-corrected chi connectivity index (χ1v) is 10.8. The van der Waals surface area contributed by atoms with E-state index >= 15 is 0 Å². The molecule has 0 bridgehead atoms. The van der Waals surface area contributed by atoms with Gasteiger partial charge in [-0.05, 0) is 29.8 Å². The number of nitrogens with zero attached hydrogens (tertiary/aromatic N) is 5. The molecule has 0 aliphatic carbocycles. The van der Waals surface area contributed by atoms with E-state index < -0.39 is 27.0 Å². The smallest absolute Gasteiger partial charge is 0.286 e. The minimum Gasteiger partial charge on any atom is -0.287 e. The lowest BCUT2D eigenvalue weighted by atomic mass is 10.0. The summed E-state index contributed by atoms with van der Waals surface area (Å²) >= 11 is 3.33. The Morgan fingerprint density at radius 2 is 1.68 bits per heavy atom. The molecule has 5 aromatic rings. The molecule has 3 aromatic carbocycles. The SMILES string of the molecule is O=C(c1ccc(Br)cc1)c1c2c([N+](=O)[O-])cc([N+](=O)[O-])cc2c2n(Cc3ccccc3)ncn12. The Hall–Kier alpha value is -4.38. The predicted molar refractivity (Wildman–Crippen MR) is 127 cm³/mol. The van der Waals surface area contributed by atoms with Crippen LogP contribution < -0.4 is 0 Å². The number of carbonyl (C=O) groups is 1. The van der Waals surface area contributed by atoms with Crippen LogP contribution in [-0.2, 0) is 6.54 Å². The molecule has 10 nitrogen and oxygen atoms in total. The summed E-state index contributed by atoms with van der Waals surface area (Å²) < 4.78 is 3.81. The van der Waals surface area contributed by atoms with Crippen LogP contribution in [-0.4, -0.2) is 29.8 Å². The van der Waals surface area contributed by atoms with Crippen LogP contribution in [0.15, 0.2) is 77.5 Å². The van der Waals surface area contributed by atoms with Crippen LogP contribution in [0.5, 0.6) is 0 Å². The first-order chi connectivity index (χ1) is 16.3. The van der Waals surface area contributed by atoms with Crippen molar-refractivity contribution in [1.29, 1.82) is 0 Å². The van der Waals surface area contributed by atoms with Crippen LogP contribution in [0.25, 0.3) is 16.4 Å². The highest BCUT2D eigenvalue weighted by atomic mass is 79.9. The molecule has 2 aromatic heterocycles. The lowest BCUT2D eigenvalue weighted by molar-refractivity contribution is -0.393. The van der Waals surface area contributed by atoms with E-state index in [0.29, 0.717) is 17.8 Å². The average Bonchev–Trinajstić information content (AvgIpc) is 3.37. The number of fused-ring (bicyclic) bond motifs is 3. The van der Waals surface area contributed by atoms with Gasteiger partial charge in [-0.1, -0.05) is 46.3 Å². The van der Waals surface area contributed by atoms with Crippen LogP contribution >= 0.6 is 15.9 Å². The van der Waals surface area contributed by atoms with E-state index in [1.807, 2.05) is 30.3 Å². The van der Waals surface area contributed by atoms with Gasteiger partial charge in [0.2, 0.25) is 5.78 Å². The molecule has 0 saturated heterocycles. The zero-order valence-corrected chi connectivity index (χ0v) is 18.9. The van der Waals surface area contributed by atoms with E-state index in [0.717, 1.165) is 16.1 Å². The Morgan fingerprint density at radius 1 is 0.971 bits per heavy atom. The van der Waals surface area contributed by atoms with Crippen LogP contribution in [0.2, 0.25) is 0 Å².